The molecule has 8 heteroatoms. The lowest BCUT2D eigenvalue weighted by atomic mass is 9.96. The molecule has 1 aromatic heterocycles. The van der Waals surface area contributed by atoms with Crippen molar-refractivity contribution in [3.05, 3.63) is 133 Å². The summed E-state index contributed by atoms with van der Waals surface area (Å²) in [5.41, 5.74) is 3.56. The maximum atomic E-state index is 14.1. The molecule has 5 rings (SSSR count). The van der Waals surface area contributed by atoms with E-state index in [1.54, 1.807) is 24.7 Å². The highest BCUT2D eigenvalue weighted by Gasteiger charge is 2.44. The van der Waals surface area contributed by atoms with Gasteiger partial charge in [0.1, 0.15) is 0 Å². The number of benzene rings is 3. The molecule has 7 nitrogen and oxygen atoms in total. The smallest absolute Gasteiger partial charge is 0.269 e. The molecular formula is C27H22IN3O4. The van der Waals surface area contributed by atoms with E-state index in [-0.39, 0.29) is 23.7 Å². The van der Waals surface area contributed by atoms with E-state index < -0.39 is 4.92 Å². The summed E-state index contributed by atoms with van der Waals surface area (Å²) in [6, 6.07) is 25.7. The van der Waals surface area contributed by atoms with Gasteiger partial charge in [0.25, 0.3) is 11.6 Å². The molecule has 0 N–H and O–H groups in total. The second-order valence-corrected chi connectivity index (χ2v) is 9.55. The first-order valence-corrected chi connectivity index (χ1v) is 12.3. The van der Waals surface area contributed by atoms with Crippen molar-refractivity contribution in [3.63, 3.8) is 0 Å². The number of nitro benzene ring substituents is 1. The van der Waals surface area contributed by atoms with Gasteiger partial charge in [-0.3, -0.25) is 19.9 Å². The molecule has 1 fully saturated rings. The molecule has 1 saturated heterocycles. The second-order valence-electron chi connectivity index (χ2n) is 8.39. The van der Waals surface area contributed by atoms with Crippen molar-refractivity contribution >= 4 is 34.2 Å². The van der Waals surface area contributed by atoms with Crippen molar-refractivity contribution in [2.24, 2.45) is 0 Å². The van der Waals surface area contributed by atoms with Gasteiger partial charge in [-0.2, -0.15) is 0 Å². The van der Waals surface area contributed by atoms with E-state index in [1.165, 1.54) is 12.1 Å². The fraction of sp³-hybridized carbons (Fsp3) is 0.148. The molecule has 0 bridgehead atoms. The highest BCUT2D eigenvalue weighted by atomic mass is 127. The number of halogens is 1. The molecular weight excluding hydrogens is 557 g/mol. The monoisotopic (exact) mass is 579 g/mol. The lowest BCUT2D eigenvalue weighted by Crippen LogP contribution is -2.43. The summed E-state index contributed by atoms with van der Waals surface area (Å²) in [5, 5.41) is 15.1. The standard InChI is InChI=1S/C27H22IN3O4/c28-24-9-5-4-8-23(24)27(32)30-26(20-6-2-1-3-7-20)16-25(29(30)17-19-14-15-35-18-19)21-10-12-22(13-11-21)31(33)34/h1-15,18,25-26H,16-17H2/t25-,26+/m1/s1. The lowest BCUT2D eigenvalue weighted by molar-refractivity contribution is -0.384. The Morgan fingerprint density at radius 3 is 2.29 bits per heavy atom. The largest absolute Gasteiger partial charge is 0.472 e. The highest BCUT2D eigenvalue weighted by molar-refractivity contribution is 14.1. The number of amides is 1. The van der Waals surface area contributed by atoms with Gasteiger partial charge in [-0.1, -0.05) is 54.6 Å². The molecule has 176 valence electrons. The second kappa shape index (κ2) is 10.0. The Hall–Kier alpha value is -3.50. The normalized spacial score (nSPS) is 18.0. The van der Waals surface area contributed by atoms with Crippen LogP contribution in [0.1, 0.15) is 45.6 Å². The van der Waals surface area contributed by atoms with Crippen LogP contribution in [0, 0.1) is 13.7 Å². The van der Waals surface area contributed by atoms with Gasteiger partial charge in [0.05, 0.1) is 35.1 Å². The van der Waals surface area contributed by atoms with E-state index in [0.717, 1.165) is 20.3 Å². The summed E-state index contributed by atoms with van der Waals surface area (Å²) in [5.74, 6) is -0.0863. The summed E-state index contributed by atoms with van der Waals surface area (Å²) in [6.45, 7) is 0.455. The van der Waals surface area contributed by atoms with E-state index in [0.29, 0.717) is 18.5 Å². The maximum Gasteiger partial charge on any atom is 0.269 e. The SMILES string of the molecule is O=C(c1ccccc1I)N1[C@H](c2ccccc2)C[C@H](c2ccc([N+](=O)[O-])cc2)N1Cc1ccoc1. The van der Waals surface area contributed by atoms with Crippen molar-refractivity contribution in [3.8, 4) is 0 Å². The third kappa shape index (κ3) is 4.71. The van der Waals surface area contributed by atoms with Gasteiger partial charge in [-0.25, -0.2) is 5.01 Å². The quantitative estimate of drug-likeness (QED) is 0.147. The summed E-state index contributed by atoms with van der Waals surface area (Å²) >= 11 is 2.20. The fourth-order valence-electron chi connectivity index (χ4n) is 4.61. The molecule has 0 aliphatic carbocycles. The summed E-state index contributed by atoms with van der Waals surface area (Å²) in [4.78, 5) is 24.9. The zero-order valence-electron chi connectivity index (χ0n) is 18.7. The topological polar surface area (TPSA) is 79.8 Å². The van der Waals surface area contributed by atoms with Gasteiger partial charge in [-0.05, 0) is 58.3 Å². The molecule has 1 aliphatic heterocycles. The first-order chi connectivity index (χ1) is 17.0. The number of furan rings is 1. The minimum Gasteiger partial charge on any atom is -0.472 e. The van der Waals surface area contributed by atoms with Gasteiger partial charge in [0.2, 0.25) is 0 Å². The Bertz CT molecular complexity index is 1330. The minimum atomic E-state index is -0.401. The van der Waals surface area contributed by atoms with Crippen molar-refractivity contribution in [1.29, 1.82) is 0 Å². The fourth-order valence-corrected chi connectivity index (χ4v) is 5.23. The molecule has 0 spiro atoms. The van der Waals surface area contributed by atoms with Crippen LogP contribution in [0.4, 0.5) is 5.69 Å². The molecule has 0 radical (unpaired) electrons. The molecule has 35 heavy (non-hydrogen) atoms. The number of rotatable bonds is 6. The highest BCUT2D eigenvalue weighted by Crippen LogP contribution is 2.46. The van der Waals surface area contributed by atoms with Gasteiger partial charge >= 0.3 is 0 Å². The van der Waals surface area contributed by atoms with Gasteiger partial charge in [0, 0.05) is 27.8 Å². The van der Waals surface area contributed by atoms with Crippen molar-refractivity contribution in [2.75, 3.05) is 0 Å². The lowest BCUT2D eigenvalue weighted by Gasteiger charge is -2.35. The average molecular weight is 579 g/mol. The number of nitro groups is 1. The zero-order valence-corrected chi connectivity index (χ0v) is 20.8. The van der Waals surface area contributed by atoms with Gasteiger partial charge in [-0.15, -0.1) is 0 Å². The number of hydrazine groups is 1. The van der Waals surface area contributed by atoms with E-state index >= 15 is 0 Å². The molecule has 1 amide bonds. The Kier molecular flexibility index (Phi) is 6.65. The molecule has 0 unspecified atom stereocenters. The van der Waals surface area contributed by atoms with E-state index in [2.05, 4.69) is 27.6 Å². The summed E-state index contributed by atoms with van der Waals surface area (Å²) in [7, 11) is 0. The van der Waals surface area contributed by atoms with Crippen molar-refractivity contribution in [2.45, 2.75) is 25.0 Å². The van der Waals surface area contributed by atoms with Crippen molar-refractivity contribution in [1.82, 2.24) is 10.0 Å². The first-order valence-electron chi connectivity index (χ1n) is 11.2. The van der Waals surface area contributed by atoms with Crippen LogP contribution in [0.2, 0.25) is 0 Å². The maximum absolute atomic E-state index is 14.1. The van der Waals surface area contributed by atoms with E-state index in [9.17, 15) is 14.9 Å². The van der Waals surface area contributed by atoms with Crippen LogP contribution in [-0.2, 0) is 6.54 Å². The number of nitrogens with zero attached hydrogens (tertiary/aromatic N) is 3. The third-order valence-electron chi connectivity index (χ3n) is 6.29. The van der Waals surface area contributed by atoms with E-state index in [4.69, 9.17) is 4.42 Å². The number of carbonyl (C=O) groups is 1. The Morgan fingerprint density at radius 2 is 1.63 bits per heavy atom. The van der Waals surface area contributed by atoms with Crippen LogP contribution >= 0.6 is 22.6 Å². The molecule has 4 aromatic rings. The zero-order chi connectivity index (χ0) is 24.4. The third-order valence-corrected chi connectivity index (χ3v) is 7.23. The number of non-ortho nitro benzene ring substituents is 1. The summed E-state index contributed by atoms with van der Waals surface area (Å²) in [6.07, 6.45) is 3.94. The number of hydrogen-bond acceptors (Lipinski definition) is 5. The number of hydrogen-bond donors (Lipinski definition) is 0. The Morgan fingerprint density at radius 1 is 0.943 bits per heavy atom. The first kappa shape index (κ1) is 23.3. The average Bonchev–Trinajstić information content (AvgIpc) is 3.53. The summed E-state index contributed by atoms with van der Waals surface area (Å²) < 4.78 is 6.19. The van der Waals surface area contributed by atoms with Gasteiger partial charge in [0.15, 0.2) is 0 Å². The Balaban J connectivity index is 1.62. The molecule has 3 aromatic carbocycles. The molecule has 0 saturated carbocycles. The minimum absolute atomic E-state index is 0.0412. The Labute approximate surface area is 216 Å². The van der Waals surface area contributed by atoms with E-state index in [1.807, 2.05) is 65.7 Å². The number of carbonyl (C=O) groups excluding carboxylic acids is 1. The molecule has 1 aliphatic rings. The van der Waals surface area contributed by atoms with Crippen LogP contribution in [0.15, 0.2) is 102 Å². The van der Waals surface area contributed by atoms with Crippen LogP contribution in [0.25, 0.3) is 0 Å². The van der Waals surface area contributed by atoms with Crippen LogP contribution in [0.3, 0.4) is 0 Å². The predicted molar refractivity (Wildman–Crippen MR) is 139 cm³/mol. The van der Waals surface area contributed by atoms with Crippen LogP contribution < -0.4 is 0 Å². The van der Waals surface area contributed by atoms with Crippen LogP contribution in [0.5, 0.6) is 0 Å². The predicted octanol–water partition coefficient (Wildman–Crippen LogP) is 6.54. The molecule has 2 heterocycles. The van der Waals surface area contributed by atoms with Gasteiger partial charge < -0.3 is 4.42 Å². The van der Waals surface area contributed by atoms with Crippen molar-refractivity contribution < 1.29 is 14.1 Å². The van der Waals surface area contributed by atoms with Crippen LogP contribution in [-0.4, -0.2) is 20.8 Å². The molecule has 2 atom stereocenters.